The number of hydrogen-bond acceptors (Lipinski definition) is 1. The van der Waals surface area contributed by atoms with Gasteiger partial charge in [0.15, 0.2) is 0 Å². The molecule has 0 spiro atoms. The number of rotatable bonds is 6. The maximum absolute atomic E-state index is 2.51. The molecule has 0 unspecified atom stereocenters. The van der Waals surface area contributed by atoms with Gasteiger partial charge >= 0.3 is 0 Å². The summed E-state index contributed by atoms with van der Waals surface area (Å²) in [5.41, 5.74) is 22.2. The van der Waals surface area contributed by atoms with Crippen LogP contribution in [0.3, 0.4) is 0 Å². The Balaban J connectivity index is 0.995. The summed E-state index contributed by atoms with van der Waals surface area (Å²) in [6, 6.07) is 78.4. The van der Waals surface area contributed by atoms with Gasteiger partial charge in [0.05, 0.1) is 22.2 Å². The molecule has 2 heterocycles. The van der Waals surface area contributed by atoms with Crippen molar-refractivity contribution in [2.75, 3.05) is 4.90 Å². The van der Waals surface area contributed by atoms with Gasteiger partial charge in [-0.3, -0.25) is 0 Å². The molecule has 3 nitrogen and oxygen atoms in total. The van der Waals surface area contributed by atoms with E-state index in [0.29, 0.717) is 0 Å². The van der Waals surface area contributed by atoms with E-state index in [2.05, 4.69) is 254 Å². The van der Waals surface area contributed by atoms with Crippen molar-refractivity contribution < 1.29 is 0 Å². The largest absolute Gasteiger partial charge is 0.310 e. The molecule has 0 saturated carbocycles. The lowest BCUT2D eigenvalue weighted by molar-refractivity contribution is 0.660. The van der Waals surface area contributed by atoms with Gasteiger partial charge in [0.25, 0.3) is 0 Å². The van der Waals surface area contributed by atoms with Gasteiger partial charge in [0.2, 0.25) is 0 Å². The van der Waals surface area contributed by atoms with E-state index in [-0.39, 0.29) is 10.8 Å². The zero-order chi connectivity index (χ0) is 43.6. The molecule has 0 fully saturated rings. The molecular weight excluding hydrogens is 787 g/mol. The van der Waals surface area contributed by atoms with Crippen molar-refractivity contribution in [1.82, 2.24) is 9.13 Å². The van der Waals surface area contributed by atoms with Crippen LogP contribution in [0, 0.1) is 0 Å². The van der Waals surface area contributed by atoms with E-state index in [1.807, 2.05) is 0 Å². The molecule has 310 valence electrons. The molecule has 65 heavy (non-hydrogen) atoms. The Bertz CT molecular complexity index is 3680. The second-order valence-electron chi connectivity index (χ2n) is 18.9. The van der Waals surface area contributed by atoms with Crippen molar-refractivity contribution in [3.05, 3.63) is 235 Å². The predicted octanol–water partition coefficient (Wildman–Crippen LogP) is 16.5. The first-order chi connectivity index (χ1) is 31.8. The van der Waals surface area contributed by atoms with Crippen LogP contribution in [-0.2, 0) is 10.8 Å². The van der Waals surface area contributed by atoms with Gasteiger partial charge in [-0.15, -0.1) is 0 Å². The predicted molar refractivity (Wildman–Crippen MR) is 273 cm³/mol. The highest BCUT2D eigenvalue weighted by Gasteiger charge is 2.41. The molecule has 3 heteroatoms. The quantitative estimate of drug-likeness (QED) is 0.163. The topological polar surface area (TPSA) is 13.1 Å². The van der Waals surface area contributed by atoms with Crippen LogP contribution in [0.15, 0.2) is 212 Å². The van der Waals surface area contributed by atoms with E-state index in [4.69, 9.17) is 0 Å². The minimum absolute atomic E-state index is 0.114. The van der Waals surface area contributed by atoms with Crippen LogP contribution in [0.1, 0.15) is 49.9 Å². The van der Waals surface area contributed by atoms with Gasteiger partial charge in [-0.05, 0) is 123 Å². The van der Waals surface area contributed by atoms with Gasteiger partial charge in [-0.1, -0.05) is 161 Å². The minimum Gasteiger partial charge on any atom is -0.310 e. The van der Waals surface area contributed by atoms with E-state index in [1.165, 1.54) is 94.2 Å². The fourth-order valence-electron chi connectivity index (χ4n) is 11.7. The lowest BCUT2D eigenvalue weighted by Crippen LogP contribution is -2.16. The molecule has 13 rings (SSSR count). The van der Waals surface area contributed by atoms with Crippen LogP contribution in [-0.4, -0.2) is 9.13 Å². The van der Waals surface area contributed by atoms with Crippen LogP contribution < -0.4 is 4.90 Å². The normalized spacial score (nSPS) is 14.1. The molecule has 2 aliphatic rings. The van der Waals surface area contributed by atoms with Crippen molar-refractivity contribution >= 4 is 49.8 Å². The van der Waals surface area contributed by atoms with Crippen LogP contribution >= 0.6 is 0 Å². The molecule has 2 aromatic heterocycles. The summed E-state index contributed by atoms with van der Waals surface area (Å²) < 4.78 is 4.99. The summed E-state index contributed by atoms with van der Waals surface area (Å²) in [4.78, 5) is 2.42. The van der Waals surface area contributed by atoms with Crippen LogP contribution in [0.25, 0.3) is 77.6 Å². The first kappa shape index (κ1) is 37.7. The molecule has 2 aliphatic carbocycles. The average Bonchev–Trinajstić information content (AvgIpc) is 4.02. The van der Waals surface area contributed by atoms with Gasteiger partial charge in [0, 0.05) is 61.0 Å². The molecule has 0 bridgehead atoms. The Labute approximate surface area is 380 Å². The number of aromatic nitrogens is 2. The van der Waals surface area contributed by atoms with E-state index in [9.17, 15) is 0 Å². The fourth-order valence-corrected chi connectivity index (χ4v) is 11.7. The second kappa shape index (κ2) is 13.8. The highest BCUT2D eigenvalue weighted by Crippen LogP contribution is 2.56. The SMILES string of the molecule is CC1(C)c2ccccc2-c2ccc(N(c3ccc(-c4ccccc4)cc3)c3ccc(-n4c5ccccc5c5c6c7c(n(-c8ccccc8)c6ccc54)-c4ccccc4C7(C)C)cc3)cc21. The summed E-state index contributed by atoms with van der Waals surface area (Å²) in [5.74, 6) is 0. The van der Waals surface area contributed by atoms with Crippen molar-refractivity contribution in [3.8, 4) is 44.9 Å². The van der Waals surface area contributed by atoms with Crippen LogP contribution in [0.5, 0.6) is 0 Å². The summed E-state index contributed by atoms with van der Waals surface area (Å²) in [7, 11) is 0. The number of para-hydroxylation sites is 2. The summed E-state index contributed by atoms with van der Waals surface area (Å²) in [5, 5.41) is 3.90. The Hall–Kier alpha value is -7.88. The number of nitrogens with zero attached hydrogens (tertiary/aromatic N) is 3. The lowest BCUT2D eigenvalue weighted by Gasteiger charge is -2.28. The molecule has 9 aromatic carbocycles. The summed E-state index contributed by atoms with van der Waals surface area (Å²) in [6.45, 7) is 9.54. The molecule has 0 N–H and O–H groups in total. The van der Waals surface area contributed by atoms with E-state index >= 15 is 0 Å². The summed E-state index contributed by atoms with van der Waals surface area (Å²) >= 11 is 0. The lowest BCUT2D eigenvalue weighted by atomic mass is 9.81. The summed E-state index contributed by atoms with van der Waals surface area (Å²) in [6.07, 6.45) is 0. The maximum Gasteiger partial charge on any atom is 0.0585 e. The third-order valence-corrected chi connectivity index (χ3v) is 14.7. The second-order valence-corrected chi connectivity index (χ2v) is 18.9. The van der Waals surface area contributed by atoms with Gasteiger partial charge in [-0.2, -0.15) is 0 Å². The third kappa shape index (κ3) is 5.36. The maximum atomic E-state index is 2.51. The number of hydrogen-bond donors (Lipinski definition) is 0. The van der Waals surface area contributed by atoms with E-state index < -0.39 is 0 Å². The number of anilines is 3. The van der Waals surface area contributed by atoms with Crippen molar-refractivity contribution in [2.24, 2.45) is 0 Å². The molecule has 0 saturated heterocycles. The van der Waals surface area contributed by atoms with Crippen molar-refractivity contribution in [3.63, 3.8) is 0 Å². The molecule has 0 amide bonds. The number of benzene rings is 9. The van der Waals surface area contributed by atoms with Gasteiger partial charge < -0.3 is 14.0 Å². The van der Waals surface area contributed by atoms with Crippen molar-refractivity contribution in [2.45, 2.75) is 38.5 Å². The first-order valence-corrected chi connectivity index (χ1v) is 22.9. The third-order valence-electron chi connectivity index (χ3n) is 14.7. The standard InChI is InChI=1S/C62H47N3/c1-61(2)51-24-14-11-21-47(51)48-36-35-46(39-53(48)61)63(43-29-27-41(28-30-43)40-17-7-5-8-18-40)44-31-33-45(34-32-44)64-54-26-16-13-23-50(54)57-55(64)37-38-56-58(57)59-60(65(56)42-19-9-6-10-20-42)49-22-12-15-25-52(49)62(59,3)4/h5-39H,1-4H3. The van der Waals surface area contributed by atoms with Crippen LogP contribution in [0.2, 0.25) is 0 Å². The zero-order valence-corrected chi connectivity index (χ0v) is 37.0. The van der Waals surface area contributed by atoms with Gasteiger partial charge in [-0.25, -0.2) is 0 Å². The molecule has 0 radical (unpaired) electrons. The number of fused-ring (bicyclic) bond motifs is 12. The van der Waals surface area contributed by atoms with Crippen molar-refractivity contribution in [1.29, 1.82) is 0 Å². The monoisotopic (exact) mass is 833 g/mol. The average molecular weight is 834 g/mol. The Morgan fingerprint density at radius 1 is 0.354 bits per heavy atom. The van der Waals surface area contributed by atoms with E-state index in [0.717, 1.165) is 22.7 Å². The molecule has 0 aliphatic heterocycles. The molecule has 0 atom stereocenters. The zero-order valence-electron chi connectivity index (χ0n) is 37.0. The Morgan fingerprint density at radius 3 is 1.60 bits per heavy atom. The Kier molecular flexibility index (Phi) is 8.00. The highest BCUT2D eigenvalue weighted by atomic mass is 15.1. The van der Waals surface area contributed by atoms with E-state index in [1.54, 1.807) is 0 Å². The highest BCUT2D eigenvalue weighted by molar-refractivity contribution is 6.24. The molecule has 11 aromatic rings. The fraction of sp³-hybridized carbons (Fsp3) is 0.0968. The smallest absolute Gasteiger partial charge is 0.0585 e. The van der Waals surface area contributed by atoms with Gasteiger partial charge in [0.1, 0.15) is 0 Å². The minimum atomic E-state index is -0.193. The van der Waals surface area contributed by atoms with Crippen LogP contribution in [0.4, 0.5) is 17.1 Å². The molecular formula is C62H47N3. The first-order valence-electron chi connectivity index (χ1n) is 22.9. The Morgan fingerprint density at radius 2 is 0.877 bits per heavy atom.